The van der Waals surface area contributed by atoms with Crippen molar-refractivity contribution >= 4 is 32.6 Å². The molecular formula is C15H11BrFNO. The first kappa shape index (κ1) is 12.2. The first-order chi connectivity index (χ1) is 9.22. The van der Waals surface area contributed by atoms with Crippen molar-refractivity contribution in [1.82, 2.24) is 0 Å². The van der Waals surface area contributed by atoms with Crippen LogP contribution in [0.2, 0.25) is 0 Å². The molecule has 0 saturated heterocycles. The van der Waals surface area contributed by atoms with E-state index in [0.717, 1.165) is 21.2 Å². The maximum absolute atomic E-state index is 13.2. The van der Waals surface area contributed by atoms with Gasteiger partial charge in [-0.3, -0.25) is 0 Å². The molecule has 0 amide bonds. The summed E-state index contributed by atoms with van der Waals surface area (Å²) in [6.07, 6.45) is 0. The molecule has 2 aromatic carbocycles. The number of hydrogen-bond acceptors (Lipinski definition) is 2. The Bertz CT molecular complexity index is 690. The third kappa shape index (κ3) is 2.63. The van der Waals surface area contributed by atoms with Crippen LogP contribution in [0.1, 0.15) is 5.76 Å². The Morgan fingerprint density at radius 3 is 2.79 bits per heavy atom. The number of fused-ring (bicyclic) bond motifs is 1. The van der Waals surface area contributed by atoms with Gasteiger partial charge in [-0.15, -0.1) is 0 Å². The predicted octanol–water partition coefficient (Wildman–Crippen LogP) is 4.95. The molecule has 1 heterocycles. The molecule has 0 unspecified atom stereocenters. The lowest BCUT2D eigenvalue weighted by molar-refractivity contribution is 0.559. The lowest BCUT2D eigenvalue weighted by Gasteiger charge is -2.06. The van der Waals surface area contributed by atoms with Crippen LogP contribution in [-0.4, -0.2) is 0 Å². The second kappa shape index (κ2) is 5.05. The zero-order chi connectivity index (χ0) is 13.2. The number of rotatable bonds is 3. The minimum atomic E-state index is -0.268. The van der Waals surface area contributed by atoms with Gasteiger partial charge in [0.25, 0.3) is 0 Å². The molecule has 4 heteroatoms. The molecule has 19 heavy (non-hydrogen) atoms. The van der Waals surface area contributed by atoms with Crippen LogP contribution >= 0.6 is 15.9 Å². The summed E-state index contributed by atoms with van der Waals surface area (Å²) < 4.78 is 19.7. The SMILES string of the molecule is Fc1ccc(Br)c(NCc2cc3ccccc3o2)c1. The Kier molecular flexibility index (Phi) is 3.25. The molecule has 1 aromatic heterocycles. The highest BCUT2D eigenvalue weighted by atomic mass is 79.9. The van der Waals surface area contributed by atoms with E-state index in [2.05, 4.69) is 21.2 Å². The van der Waals surface area contributed by atoms with Crippen LogP contribution in [-0.2, 0) is 6.54 Å². The summed E-state index contributed by atoms with van der Waals surface area (Å²) >= 11 is 3.38. The van der Waals surface area contributed by atoms with E-state index in [9.17, 15) is 4.39 Å². The number of anilines is 1. The molecule has 96 valence electrons. The molecule has 0 spiro atoms. The topological polar surface area (TPSA) is 25.2 Å². The van der Waals surface area contributed by atoms with Crippen LogP contribution in [0.4, 0.5) is 10.1 Å². The summed E-state index contributed by atoms with van der Waals surface area (Å²) in [7, 11) is 0. The van der Waals surface area contributed by atoms with Crippen molar-refractivity contribution in [2.75, 3.05) is 5.32 Å². The highest BCUT2D eigenvalue weighted by molar-refractivity contribution is 9.10. The molecule has 3 aromatic rings. The van der Waals surface area contributed by atoms with Gasteiger partial charge in [-0.1, -0.05) is 18.2 Å². The van der Waals surface area contributed by atoms with Gasteiger partial charge in [0.1, 0.15) is 17.2 Å². The fraction of sp³-hybridized carbons (Fsp3) is 0.0667. The van der Waals surface area contributed by atoms with Crippen molar-refractivity contribution in [3.8, 4) is 0 Å². The van der Waals surface area contributed by atoms with Gasteiger partial charge in [0, 0.05) is 9.86 Å². The normalized spacial score (nSPS) is 10.8. The summed E-state index contributed by atoms with van der Waals surface area (Å²) in [4.78, 5) is 0. The molecule has 0 bridgehead atoms. The van der Waals surface area contributed by atoms with Crippen LogP contribution < -0.4 is 5.32 Å². The average Bonchev–Trinajstić information content (AvgIpc) is 2.82. The van der Waals surface area contributed by atoms with E-state index in [1.54, 1.807) is 6.07 Å². The zero-order valence-corrected chi connectivity index (χ0v) is 11.6. The number of halogens is 2. The van der Waals surface area contributed by atoms with Crippen molar-refractivity contribution in [2.24, 2.45) is 0 Å². The largest absolute Gasteiger partial charge is 0.459 e. The lowest BCUT2D eigenvalue weighted by Crippen LogP contribution is -1.99. The monoisotopic (exact) mass is 319 g/mol. The Hall–Kier alpha value is -1.81. The van der Waals surface area contributed by atoms with Crippen LogP contribution in [0.3, 0.4) is 0 Å². The summed E-state index contributed by atoms with van der Waals surface area (Å²) in [5, 5.41) is 4.22. The molecule has 1 N–H and O–H groups in total. The quantitative estimate of drug-likeness (QED) is 0.739. The van der Waals surface area contributed by atoms with Crippen LogP contribution in [0.25, 0.3) is 11.0 Å². The van der Waals surface area contributed by atoms with E-state index in [1.165, 1.54) is 12.1 Å². The third-order valence-electron chi connectivity index (χ3n) is 2.86. The highest BCUT2D eigenvalue weighted by Crippen LogP contribution is 2.25. The van der Waals surface area contributed by atoms with E-state index in [-0.39, 0.29) is 5.82 Å². The Morgan fingerprint density at radius 2 is 1.95 bits per heavy atom. The fourth-order valence-electron chi connectivity index (χ4n) is 1.94. The maximum atomic E-state index is 13.2. The number of nitrogens with one attached hydrogen (secondary N) is 1. The van der Waals surface area contributed by atoms with Gasteiger partial charge in [0.2, 0.25) is 0 Å². The Morgan fingerprint density at radius 1 is 1.11 bits per heavy atom. The molecule has 2 nitrogen and oxygen atoms in total. The molecule has 0 aliphatic rings. The summed E-state index contributed by atoms with van der Waals surface area (Å²) in [6, 6.07) is 14.4. The van der Waals surface area contributed by atoms with E-state index in [4.69, 9.17) is 4.42 Å². The molecular weight excluding hydrogens is 309 g/mol. The second-order valence-electron chi connectivity index (χ2n) is 4.23. The average molecular weight is 320 g/mol. The van der Waals surface area contributed by atoms with Crippen LogP contribution in [0.5, 0.6) is 0 Å². The molecule has 0 radical (unpaired) electrons. The Labute approximate surface area is 118 Å². The van der Waals surface area contributed by atoms with Gasteiger partial charge in [-0.05, 0) is 46.3 Å². The first-order valence-corrected chi connectivity index (χ1v) is 6.68. The van der Waals surface area contributed by atoms with E-state index in [1.807, 2.05) is 30.3 Å². The van der Waals surface area contributed by atoms with Gasteiger partial charge in [0.05, 0.1) is 12.2 Å². The number of furan rings is 1. The molecule has 0 atom stereocenters. The van der Waals surface area contributed by atoms with Gasteiger partial charge >= 0.3 is 0 Å². The molecule has 0 aliphatic heterocycles. The van der Waals surface area contributed by atoms with Crippen molar-refractivity contribution in [2.45, 2.75) is 6.54 Å². The minimum absolute atomic E-state index is 0.268. The second-order valence-corrected chi connectivity index (χ2v) is 5.08. The van der Waals surface area contributed by atoms with Gasteiger partial charge in [-0.2, -0.15) is 0 Å². The van der Waals surface area contributed by atoms with Crippen molar-refractivity contribution in [3.05, 3.63) is 64.6 Å². The number of benzene rings is 2. The van der Waals surface area contributed by atoms with Crippen molar-refractivity contribution in [3.63, 3.8) is 0 Å². The third-order valence-corrected chi connectivity index (χ3v) is 3.55. The van der Waals surface area contributed by atoms with E-state index >= 15 is 0 Å². The number of para-hydroxylation sites is 1. The standard InChI is InChI=1S/C15H11BrFNO/c16-13-6-5-11(17)8-14(13)18-9-12-7-10-3-1-2-4-15(10)19-12/h1-8,18H,9H2. The molecule has 3 rings (SSSR count). The summed E-state index contributed by atoms with van der Waals surface area (Å²) in [5.41, 5.74) is 1.57. The smallest absolute Gasteiger partial charge is 0.134 e. The maximum Gasteiger partial charge on any atom is 0.134 e. The van der Waals surface area contributed by atoms with Gasteiger partial charge < -0.3 is 9.73 Å². The molecule has 0 fully saturated rings. The van der Waals surface area contributed by atoms with Gasteiger partial charge in [0.15, 0.2) is 0 Å². The highest BCUT2D eigenvalue weighted by Gasteiger charge is 2.05. The summed E-state index contributed by atoms with van der Waals surface area (Å²) in [5.74, 6) is 0.549. The molecule has 0 aliphatic carbocycles. The molecule has 0 saturated carbocycles. The minimum Gasteiger partial charge on any atom is -0.459 e. The van der Waals surface area contributed by atoms with E-state index in [0.29, 0.717) is 12.2 Å². The van der Waals surface area contributed by atoms with Crippen molar-refractivity contribution in [1.29, 1.82) is 0 Å². The van der Waals surface area contributed by atoms with Gasteiger partial charge in [-0.25, -0.2) is 4.39 Å². The predicted molar refractivity (Wildman–Crippen MR) is 77.6 cm³/mol. The Balaban J connectivity index is 1.80. The van der Waals surface area contributed by atoms with Crippen LogP contribution in [0.15, 0.2) is 57.4 Å². The van der Waals surface area contributed by atoms with E-state index < -0.39 is 0 Å². The fourth-order valence-corrected chi connectivity index (χ4v) is 2.33. The lowest BCUT2D eigenvalue weighted by atomic mass is 10.2. The zero-order valence-electron chi connectivity index (χ0n) is 9.99. The first-order valence-electron chi connectivity index (χ1n) is 5.89. The summed E-state index contributed by atoms with van der Waals surface area (Å²) in [6.45, 7) is 0.511. The van der Waals surface area contributed by atoms with Crippen molar-refractivity contribution < 1.29 is 8.81 Å². The number of hydrogen-bond donors (Lipinski definition) is 1. The van der Waals surface area contributed by atoms with Crippen LogP contribution in [0, 0.1) is 5.82 Å².